The van der Waals surface area contributed by atoms with Crippen LogP contribution in [0.3, 0.4) is 0 Å². The lowest BCUT2D eigenvalue weighted by Gasteiger charge is -2.55. The van der Waals surface area contributed by atoms with E-state index in [2.05, 4.69) is 25.9 Å². The Labute approximate surface area is 211 Å². The number of aromatic nitrogens is 3. The second-order valence-electron chi connectivity index (χ2n) is 9.41. The first-order valence-corrected chi connectivity index (χ1v) is 12.6. The molecule has 190 valence electrons. The van der Waals surface area contributed by atoms with E-state index in [-0.39, 0.29) is 0 Å². The van der Waals surface area contributed by atoms with Crippen LogP contribution in [0.25, 0.3) is 21.8 Å². The fourth-order valence-electron chi connectivity index (χ4n) is 4.93. The van der Waals surface area contributed by atoms with E-state index in [1.807, 2.05) is 51.1 Å². The van der Waals surface area contributed by atoms with Gasteiger partial charge in [0.1, 0.15) is 12.1 Å². The molecule has 1 spiro atoms. The number of benzene rings is 2. The predicted octanol–water partition coefficient (Wildman–Crippen LogP) is 5.35. The maximum Gasteiger partial charge on any atom is 0.230 e. The van der Waals surface area contributed by atoms with Gasteiger partial charge >= 0.3 is 0 Å². The lowest BCUT2D eigenvalue weighted by molar-refractivity contribution is -0.189. The molecule has 8 heteroatoms. The van der Waals surface area contributed by atoms with Crippen molar-refractivity contribution >= 4 is 21.8 Å². The van der Waals surface area contributed by atoms with Crippen LogP contribution in [-0.2, 0) is 4.74 Å². The number of H-pyrrole nitrogens is 1. The summed E-state index contributed by atoms with van der Waals surface area (Å²) in [5, 5.41) is 1.86. The van der Waals surface area contributed by atoms with Crippen molar-refractivity contribution < 1.29 is 18.9 Å². The lowest BCUT2D eigenvalue weighted by Crippen LogP contribution is -2.65. The number of aryl methyl sites for hydroxylation is 1. The Hall–Kier alpha value is -3.36. The van der Waals surface area contributed by atoms with E-state index in [1.54, 1.807) is 7.11 Å². The number of rotatable bonds is 8. The largest absolute Gasteiger partial charge is 0.493 e. The second kappa shape index (κ2) is 10.3. The number of likely N-dealkylation sites (tertiary alicyclic amines) is 1. The molecule has 2 aliphatic heterocycles. The minimum atomic E-state index is 0.453. The molecule has 2 aromatic carbocycles. The van der Waals surface area contributed by atoms with Gasteiger partial charge in [0.05, 0.1) is 37.8 Å². The predicted molar refractivity (Wildman–Crippen MR) is 140 cm³/mol. The van der Waals surface area contributed by atoms with Gasteiger partial charge in [0.15, 0.2) is 11.5 Å². The van der Waals surface area contributed by atoms with Crippen LogP contribution in [-0.4, -0.2) is 66.4 Å². The SMILES string of the molecule is CC.COc1cc2c(Oc3ccc4[nH]c(C)cc4c3)ncnc2cc1OCCCN1CC2(COC2)C1. The minimum Gasteiger partial charge on any atom is -0.493 e. The number of methoxy groups -OCH3 is 1. The van der Waals surface area contributed by atoms with Gasteiger partial charge in [0, 0.05) is 47.7 Å². The van der Waals surface area contributed by atoms with Gasteiger partial charge in [-0.2, -0.15) is 0 Å². The first-order valence-electron chi connectivity index (χ1n) is 12.6. The van der Waals surface area contributed by atoms with Crippen molar-refractivity contribution in [2.24, 2.45) is 5.41 Å². The maximum absolute atomic E-state index is 6.15. The van der Waals surface area contributed by atoms with E-state index in [9.17, 15) is 0 Å². The molecule has 2 aromatic heterocycles. The Balaban J connectivity index is 0.00000130. The van der Waals surface area contributed by atoms with Crippen molar-refractivity contribution in [3.8, 4) is 23.1 Å². The molecule has 2 saturated heterocycles. The molecule has 0 unspecified atom stereocenters. The number of hydrogen-bond acceptors (Lipinski definition) is 7. The fraction of sp³-hybridized carbons (Fsp3) is 0.429. The molecule has 0 bridgehead atoms. The van der Waals surface area contributed by atoms with Crippen LogP contribution in [0, 0.1) is 12.3 Å². The molecule has 1 N–H and O–H groups in total. The monoisotopic (exact) mass is 490 g/mol. The normalized spacial score (nSPS) is 16.2. The number of nitrogens with zero attached hydrogens (tertiary/aromatic N) is 3. The van der Waals surface area contributed by atoms with E-state index in [0.717, 1.165) is 66.8 Å². The van der Waals surface area contributed by atoms with Gasteiger partial charge in [-0.25, -0.2) is 9.97 Å². The average molecular weight is 491 g/mol. The number of ether oxygens (including phenoxy) is 4. The van der Waals surface area contributed by atoms with Crippen LogP contribution in [0.1, 0.15) is 26.0 Å². The van der Waals surface area contributed by atoms with Crippen molar-refractivity contribution in [3.05, 3.63) is 48.4 Å². The molecule has 2 aliphatic rings. The Bertz CT molecular complexity index is 1340. The first-order chi connectivity index (χ1) is 17.6. The van der Waals surface area contributed by atoms with Gasteiger partial charge in [0.2, 0.25) is 5.88 Å². The van der Waals surface area contributed by atoms with Crippen molar-refractivity contribution in [2.45, 2.75) is 27.2 Å². The third kappa shape index (κ3) is 4.83. The topological polar surface area (TPSA) is 81.7 Å². The molecular formula is C28H34N4O4. The van der Waals surface area contributed by atoms with Gasteiger partial charge in [-0.1, -0.05) is 13.8 Å². The van der Waals surface area contributed by atoms with E-state index >= 15 is 0 Å². The summed E-state index contributed by atoms with van der Waals surface area (Å²) in [4.78, 5) is 14.6. The van der Waals surface area contributed by atoms with E-state index in [0.29, 0.717) is 35.2 Å². The molecular weight excluding hydrogens is 456 g/mol. The molecule has 4 heterocycles. The molecule has 36 heavy (non-hydrogen) atoms. The third-order valence-corrected chi connectivity index (χ3v) is 6.64. The van der Waals surface area contributed by atoms with Crippen LogP contribution in [0.2, 0.25) is 0 Å². The molecule has 0 amide bonds. The Morgan fingerprint density at radius 2 is 1.89 bits per heavy atom. The molecule has 6 rings (SSSR count). The fourth-order valence-corrected chi connectivity index (χ4v) is 4.93. The summed E-state index contributed by atoms with van der Waals surface area (Å²) in [6.45, 7) is 11.8. The standard InChI is InChI=1S/C26H28N4O4.C2H6/c1-17-8-18-9-19(4-5-21(18)29-17)34-25-20-10-23(31-2)24(11-22(20)27-16-28-25)33-7-3-6-30-12-26(13-30)14-32-15-26;1-2/h4-5,8-11,16,29H,3,6-7,12-15H2,1-2H3;1-2H3. The summed E-state index contributed by atoms with van der Waals surface area (Å²) < 4.78 is 23.2. The van der Waals surface area contributed by atoms with Crippen LogP contribution >= 0.6 is 0 Å². The molecule has 4 aromatic rings. The molecule has 0 radical (unpaired) electrons. The average Bonchev–Trinajstić information content (AvgIpc) is 3.22. The van der Waals surface area contributed by atoms with Crippen molar-refractivity contribution in [1.82, 2.24) is 19.9 Å². The maximum atomic E-state index is 6.15. The molecule has 8 nitrogen and oxygen atoms in total. The zero-order valence-electron chi connectivity index (χ0n) is 21.5. The number of nitrogens with one attached hydrogen (secondary N) is 1. The summed E-state index contributed by atoms with van der Waals surface area (Å²) in [7, 11) is 1.64. The first kappa shape index (κ1) is 24.3. The summed E-state index contributed by atoms with van der Waals surface area (Å²) in [6, 6.07) is 11.8. The highest BCUT2D eigenvalue weighted by Crippen LogP contribution is 2.38. The lowest BCUT2D eigenvalue weighted by atomic mass is 9.78. The van der Waals surface area contributed by atoms with Crippen molar-refractivity contribution in [1.29, 1.82) is 0 Å². The highest BCUT2D eigenvalue weighted by Gasteiger charge is 2.48. The summed E-state index contributed by atoms with van der Waals surface area (Å²) >= 11 is 0. The smallest absolute Gasteiger partial charge is 0.230 e. The van der Waals surface area contributed by atoms with Crippen LogP contribution < -0.4 is 14.2 Å². The van der Waals surface area contributed by atoms with Crippen LogP contribution in [0.5, 0.6) is 23.1 Å². The second-order valence-corrected chi connectivity index (χ2v) is 9.41. The highest BCUT2D eigenvalue weighted by atomic mass is 16.5. The minimum absolute atomic E-state index is 0.453. The van der Waals surface area contributed by atoms with Crippen LogP contribution in [0.15, 0.2) is 42.7 Å². The summed E-state index contributed by atoms with van der Waals surface area (Å²) in [5.74, 6) is 2.51. The summed E-state index contributed by atoms with van der Waals surface area (Å²) in [5.41, 5.74) is 3.38. The van der Waals surface area contributed by atoms with E-state index in [4.69, 9.17) is 18.9 Å². The van der Waals surface area contributed by atoms with Gasteiger partial charge in [0.25, 0.3) is 0 Å². The molecule has 2 fully saturated rings. The van der Waals surface area contributed by atoms with Crippen molar-refractivity contribution in [2.75, 3.05) is 46.6 Å². The zero-order valence-corrected chi connectivity index (χ0v) is 21.5. The molecule has 0 aliphatic carbocycles. The summed E-state index contributed by atoms with van der Waals surface area (Å²) in [6.07, 6.45) is 2.47. The highest BCUT2D eigenvalue weighted by molar-refractivity contribution is 5.87. The van der Waals surface area contributed by atoms with E-state index in [1.165, 1.54) is 6.33 Å². The van der Waals surface area contributed by atoms with Crippen LogP contribution in [0.4, 0.5) is 0 Å². The van der Waals surface area contributed by atoms with Crippen molar-refractivity contribution in [3.63, 3.8) is 0 Å². The Kier molecular flexibility index (Phi) is 6.98. The van der Waals surface area contributed by atoms with Gasteiger partial charge in [-0.15, -0.1) is 0 Å². The molecule has 0 saturated carbocycles. The Morgan fingerprint density at radius 1 is 1.06 bits per heavy atom. The molecule has 0 atom stereocenters. The number of hydrogen-bond donors (Lipinski definition) is 1. The van der Waals surface area contributed by atoms with E-state index < -0.39 is 0 Å². The number of fused-ring (bicyclic) bond motifs is 2. The zero-order chi connectivity index (χ0) is 25.1. The Morgan fingerprint density at radius 3 is 2.64 bits per heavy atom. The van der Waals surface area contributed by atoms with Gasteiger partial charge in [-0.3, -0.25) is 0 Å². The van der Waals surface area contributed by atoms with Gasteiger partial charge in [-0.05, 0) is 43.7 Å². The third-order valence-electron chi connectivity index (χ3n) is 6.64. The van der Waals surface area contributed by atoms with Gasteiger partial charge < -0.3 is 28.8 Å². The number of aromatic amines is 1. The quantitative estimate of drug-likeness (QED) is 0.334.